The predicted molar refractivity (Wildman–Crippen MR) is 58.3 cm³/mol. The first kappa shape index (κ1) is 9.77. The van der Waals surface area contributed by atoms with Gasteiger partial charge in [0.15, 0.2) is 5.96 Å². The first-order valence-corrected chi connectivity index (χ1v) is 5.61. The SMILES string of the molecule is CCN=C(N)NC1CCN2CCCC12. The number of hydrogen-bond donors (Lipinski definition) is 2. The molecule has 0 saturated carbocycles. The Labute approximate surface area is 85.6 Å². The highest BCUT2D eigenvalue weighted by molar-refractivity contribution is 5.78. The molecule has 0 aromatic carbocycles. The minimum atomic E-state index is 0.535. The van der Waals surface area contributed by atoms with Crippen LogP contribution in [-0.2, 0) is 0 Å². The fourth-order valence-electron chi connectivity index (χ4n) is 2.66. The van der Waals surface area contributed by atoms with E-state index in [9.17, 15) is 0 Å². The standard InChI is InChI=1S/C10H20N4/c1-2-12-10(11)13-8-5-7-14-6-3-4-9(8)14/h8-9H,2-7H2,1H3,(H3,11,12,13). The number of aliphatic imine (C=N–C) groups is 1. The van der Waals surface area contributed by atoms with Gasteiger partial charge in [-0.05, 0) is 32.7 Å². The molecular formula is C10H20N4. The molecule has 2 aliphatic heterocycles. The molecule has 2 fully saturated rings. The average molecular weight is 196 g/mol. The van der Waals surface area contributed by atoms with Crippen molar-refractivity contribution in [2.45, 2.75) is 38.3 Å². The van der Waals surface area contributed by atoms with Gasteiger partial charge in [-0.1, -0.05) is 0 Å². The zero-order chi connectivity index (χ0) is 9.97. The van der Waals surface area contributed by atoms with Crippen LogP contribution in [0.5, 0.6) is 0 Å². The molecule has 0 bridgehead atoms. The summed E-state index contributed by atoms with van der Waals surface area (Å²) in [5.41, 5.74) is 5.77. The van der Waals surface area contributed by atoms with E-state index in [-0.39, 0.29) is 0 Å². The smallest absolute Gasteiger partial charge is 0.188 e. The third-order valence-electron chi connectivity index (χ3n) is 3.27. The number of nitrogens with two attached hydrogens (primary N) is 1. The second-order valence-electron chi connectivity index (χ2n) is 4.14. The number of rotatable bonds is 2. The van der Waals surface area contributed by atoms with Crippen molar-refractivity contribution in [3.63, 3.8) is 0 Å². The van der Waals surface area contributed by atoms with Crippen molar-refractivity contribution >= 4 is 5.96 Å². The molecule has 14 heavy (non-hydrogen) atoms. The predicted octanol–water partition coefficient (Wildman–Crippen LogP) is 0.147. The van der Waals surface area contributed by atoms with Crippen LogP contribution in [0.1, 0.15) is 26.2 Å². The van der Waals surface area contributed by atoms with E-state index in [0.29, 0.717) is 18.0 Å². The summed E-state index contributed by atoms with van der Waals surface area (Å²) >= 11 is 0. The van der Waals surface area contributed by atoms with Gasteiger partial charge < -0.3 is 11.1 Å². The van der Waals surface area contributed by atoms with Crippen LogP contribution in [0.15, 0.2) is 4.99 Å². The molecule has 2 atom stereocenters. The Morgan fingerprint density at radius 1 is 1.50 bits per heavy atom. The fraction of sp³-hybridized carbons (Fsp3) is 0.900. The van der Waals surface area contributed by atoms with Crippen molar-refractivity contribution in [1.82, 2.24) is 10.2 Å². The highest BCUT2D eigenvalue weighted by Crippen LogP contribution is 2.27. The molecular weight excluding hydrogens is 176 g/mol. The van der Waals surface area contributed by atoms with E-state index >= 15 is 0 Å². The molecule has 0 spiro atoms. The quantitative estimate of drug-likeness (QED) is 0.488. The van der Waals surface area contributed by atoms with Crippen molar-refractivity contribution in [3.05, 3.63) is 0 Å². The van der Waals surface area contributed by atoms with Crippen LogP contribution in [0.2, 0.25) is 0 Å². The largest absolute Gasteiger partial charge is 0.370 e. The van der Waals surface area contributed by atoms with Gasteiger partial charge >= 0.3 is 0 Å². The molecule has 0 aromatic heterocycles. The number of guanidine groups is 1. The summed E-state index contributed by atoms with van der Waals surface area (Å²) in [5.74, 6) is 0.617. The second-order valence-corrected chi connectivity index (χ2v) is 4.14. The highest BCUT2D eigenvalue weighted by Gasteiger charge is 2.37. The van der Waals surface area contributed by atoms with Crippen LogP contribution in [0.25, 0.3) is 0 Å². The normalized spacial score (nSPS) is 33.4. The minimum absolute atomic E-state index is 0.535. The summed E-state index contributed by atoms with van der Waals surface area (Å²) in [6.07, 6.45) is 3.87. The third-order valence-corrected chi connectivity index (χ3v) is 3.27. The summed E-state index contributed by atoms with van der Waals surface area (Å²) < 4.78 is 0. The minimum Gasteiger partial charge on any atom is -0.370 e. The van der Waals surface area contributed by atoms with Gasteiger partial charge in [-0.25, -0.2) is 0 Å². The summed E-state index contributed by atoms with van der Waals surface area (Å²) in [4.78, 5) is 6.73. The molecule has 4 nitrogen and oxygen atoms in total. The van der Waals surface area contributed by atoms with Gasteiger partial charge in [0.25, 0.3) is 0 Å². The molecule has 0 radical (unpaired) electrons. The summed E-state index contributed by atoms with van der Waals surface area (Å²) in [6, 6.07) is 1.24. The molecule has 80 valence electrons. The molecule has 2 aliphatic rings. The van der Waals surface area contributed by atoms with Crippen LogP contribution in [0.4, 0.5) is 0 Å². The second kappa shape index (κ2) is 4.17. The molecule has 0 amide bonds. The van der Waals surface area contributed by atoms with Crippen molar-refractivity contribution in [1.29, 1.82) is 0 Å². The number of nitrogens with zero attached hydrogens (tertiary/aromatic N) is 2. The van der Waals surface area contributed by atoms with Gasteiger partial charge in [-0.2, -0.15) is 0 Å². The molecule has 3 N–H and O–H groups in total. The molecule has 2 heterocycles. The fourth-order valence-corrected chi connectivity index (χ4v) is 2.66. The molecule has 2 unspecified atom stereocenters. The molecule has 2 saturated heterocycles. The molecule has 0 aromatic rings. The average Bonchev–Trinajstić information content (AvgIpc) is 2.70. The summed E-state index contributed by atoms with van der Waals surface area (Å²) in [7, 11) is 0. The van der Waals surface area contributed by atoms with Crippen molar-refractivity contribution in [2.75, 3.05) is 19.6 Å². The van der Waals surface area contributed by atoms with E-state index < -0.39 is 0 Å². The first-order chi connectivity index (χ1) is 6.81. The first-order valence-electron chi connectivity index (χ1n) is 5.61. The van der Waals surface area contributed by atoms with Crippen LogP contribution in [-0.4, -0.2) is 42.6 Å². The summed E-state index contributed by atoms with van der Waals surface area (Å²) in [5, 5.41) is 3.34. The van der Waals surface area contributed by atoms with Gasteiger partial charge in [-0.3, -0.25) is 9.89 Å². The summed E-state index contributed by atoms with van der Waals surface area (Å²) in [6.45, 7) is 5.26. The Kier molecular flexibility index (Phi) is 2.91. The Balaban J connectivity index is 1.89. The van der Waals surface area contributed by atoms with Gasteiger partial charge in [0.2, 0.25) is 0 Å². The van der Waals surface area contributed by atoms with Gasteiger partial charge in [-0.15, -0.1) is 0 Å². The van der Waals surface area contributed by atoms with E-state index in [1.165, 1.54) is 32.4 Å². The molecule has 0 aliphatic carbocycles. The van der Waals surface area contributed by atoms with Crippen LogP contribution >= 0.6 is 0 Å². The number of hydrogen-bond acceptors (Lipinski definition) is 2. The zero-order valence-corrected chi connectivity index (χ0v) is 8.87. The maximum absolute atomic E-state index is 5.77. The monoisotopic (exact) mass is 196 g/mol. The maximum atomic E-state index is 5.77. The molecule has 2 rings (SSSR count). The molecule has 4 heteroatoms. The lowest BCUT2D eigenvalue weighted by Gasteiger charge is -2.21. The Hall–Kier alpha value is -0.770. The lowest BCUT2D eigenvalue weighted by atomic mass is 10.1. The Bertz CT molecular complexity index is 226. The van der Waals surface area contributed by atoms with E-state index in [1.807, 2.05) is 6.92 Å². The van der Waals surface area contributed by atoms with E-state index in [4.69, 9.17) is 5.73 Å². The van der Waals surface area contributed by atoms with Gasteiger partial charge in [0, 0.05) is 25.2 Å². The number of nitrogens with one attached hydrogen (secondary N) is 1. The van der Waals surface area contributed by atoms with Crippen molar-refractivity contribution in [3.8, 4) is 0 Å². The van der Waals surface area contributed by atoms with Gasteiger partial charge in [0.1, 0.15) is 0 Å². The zero-order valence-electron chi connectivity index (χ0n) is 8.87. The maximum Gasteiger partial charge on any atom is 0.188 e. The van der Waals surface area contributed by atoms with E-state index in [1.54, 1.807) is 0 Å². The van der Waals surface area contributed by atoms with Crippen molar-refractivity contribution in [2.24, 2.45) is 10.7 Å². The van der Waals surface area contributed by atoms with Crippen LogP contribution in [0, 0.1) is 0 Å². The topological polar surface area (TPSA) is 53.6 Å². The third kappa shape index (κ3) is 1.85. The lowest BCUT2D eigenvalue weighted by Crippen LogP contribution is -2.45. The van der Waals surface area contributed by atoms with Crippen molar-refractivity contribution < 1.29 is 0 Å². The Morgan fingerprint density at radius 3 is 3.14 bits per heavy atom. The van der Waals surface area contributed by atoms with Crippen LogP contribution < -0.4 is 11.1 Å². The van der Waals surface area contributed by atoms with Crippen LogP contribution in [0.3, 0.4) is 0 Å². The van der Waals surface area contributed by atoms with E-state index in [2.05, 4.69) is 15.2 Å². The lowest BCUT2D eigenvalue weighted by molar-refractivity contribution is 0.308. The number of fused-ring (bicyclic) bond motifs is 1. The van der Waals surface area contributed by atoms with Gasteiger partial charge in [0.05, 0.1) is 0 Å². The van der Waals surface area contributed by atoms with E-state index in [0.717, 1.165) is 6.54 Å². The Morgan fingerprint density at radius 2 is 2.36 bits per heavy atom. The highest BCUT2D eigenvalue weighted by atomic mass is 15.3.